The number of carbonyl (C=O) groups is 1. The first-order valence-corrected chi connectivity index (χ1v) is 10.4. The summed E-state index contributed by atoms with van der Waals surface area (Å²) in [5, 5.41) is 3.93. The molecule has 4 aromatic rings. The molecule has 9 heteroatoms. The van der Waals surface area contributed by atoms with Crippen molar-refractivity contribution in [2.45, 2.75) is 23.8 Å². The number of thiophene rings is 1. The van der Waals surface area contributed by atoms with Gasteiger partial charge < -0.3 is 5.32 Å². The number of aryl methyl sites for hydroxylation is 2. The lowest BCUT2D eigenvalue weighted by molar-refractivity contribution is 0.102. The van der Waals surface area contributed by atoms with E-state index < -0.39 is 29.0 Å². The summed E-state index contributed by atoms with van der Waals surface area (Å²) in [7, 11) is 0. The number of halogens is 3. The summed E-state index contributed by atoms with van der Waals surface area (Å²) in [5.74, 6) is -5.06. The van der Waals surface area contributed by atoms with Gasteiger partial charge in [-0.15, -0.1) is 11.3 Å². The Balaban J connectivity index is 1.69. The second-order valence-electron chi connectivity index (χ2n) is 6.42. The molecule has 0 spiro atoms. The van der Waals surface area contributed by atoms with Crippen molar-refractivity contribution in [3.8, 4) is 0 Å². The van der Waals surface area contributed by atoms with Crippen molar-refractivity contribution in [1.82, 2.24) is 9.97 Å². The van der Waals surface area contributed by atoms with Crippen LogP contribution in [0.1, 0.15) is 20.8 Å². The van der Waals surface area contributed by atoms with Crippen molar-refractivity contribution in [2.24, 2.45) is 0 Å². The Hall–Kier alpha value is -2.91. The van der Waals surface area contributed by atoms with Gasteiger partial charge in [-0.2, -0.15) is 0 Å². The molecule has 30 heavy (non-hydrogen) atoms. The van der Waals surface area contributed by atoms with Crippen LogP contribution in [0.2, 0.25) is 0 Å². The van der Waals surface area contributed by atoms with E-state index >= 15 is 0 Å². The monoisotopic (exact) mass is 445 g/mol. The van der Waals surface area contributed by atoms with Crippen LogP contribution in [0.25, 0.3) is 10.2 Å². The van der Waals surface area contributed by atoms with Crippen molar-refractivity contribution in [3.63, 3.8) is 0 Å². The van der Waals surface area contributed by atoms with Crippen molar-refractivity contribution >= 4 is 44.9 Å². The van der Waals surface area contributed by atoms with Gasteiger partial charge in [-0.05, 0) is 43.7 Å². The molecule has 0 aliphatic carbocycles. The van der Waals surface area contributed by atoms with Crippen molar-refractivity contribution < 1.29 is 18.0 Å². The van der Waals surface area contributed by atoms with E-state index in [2.05, 4.69) is 15.3 Å². The Labute approximate surface area is 178 Å². The summed E-state index contributed by atoms with van der Waals surface area (Å²) >= 11 is 2.86. The van der Waals surface area contributed by atoms with Gasteiger partial charge in [-0.1, -0.05) is 23.9 Å². The highest BCUT2D eigenvalue weighted by atomic mass is 32.2. The van der Waals surface area contributed by atoms with Crippen LogP contribution in [-0.4, -0.2) is 15.9 Å². The highest BCUT2D eigenvalue weighted by Crippen LogP contribution is 2.38. The zero-order valence-electron chi connectivity index (χ0n) is 15.8. The van der Waals surface area contributed by atoms with E-state index in [0.717, 1.165) is 32.8 Å². The maximum Gasteiger partial charge on any atom is 0.256 e. The van der Waals surface area contributed by atoms with E-state index in [0.29, 0.717) is 9.92 Å². The van der Waals surface area contributed by atoms with Crippen molar-refractivity contribution in [2.75, 3.05) is 5.32 Å². The van der Waals surface area contributed by atoms with Crippen LogP contribution in [0, 0.1) is 31.3 Å². The molecule has 0 atom stereocenters. The average molecular weight is 445 g/mol. The van der Waals surface area contributed by atoms with Crippen molar-refractivity contribution in [1.29, 1.82) is 0 Å². The van der Waals surface area contributed by atoms with Gasteiger partial charge in [0.25, 0.3) is 5.91 Å². The molecule has 1 amide bonds. The number of hydrogen-bond acceptors (Lipinski definition) is 5. The fraction of sp³-hybridized carbons (Fsp3) is 0.0952. The lowest BCUT2D eigenvalue weighted by atomic mass is 10.2. The molecule has 0 fully saturated rings. The molecule has 0 saturated carbocycles. The zero-order chi connectivity index (χ0) is 21.4. The summed E-state index contributed by atoms with van der Waals surface area (Å²) in [6.45, 7) is 4.00. The molecule has 0 aliphatic heterocycles. The molecule has 0 saturated heterocycles. The fourth-order valence-electron chi connectivity index (χ4n) is 2.89. The van der Waals surface area contributed by atoms with Crippen LogP contribution in [0.4, 0.5) is 18.9 Å². The van der Waals surface area contributed by atoms with E-state index in [9.17, 15) is 18.0 Å². The van der Waals surface area contributed by atoms with E-state index in [-0.39, 0.29) is 5.56 Å². The van der Waals surface area contributed by atoms with Gasteiger partial charge in [-0.25, -0.2) is 23.1 Å². The number of carbonyl (C=O) groups excluding carboxylic acids is 1. The molecular formula is C21H14F3N3OS2. The molecular weight excluding hydrogens is 431 g/mol. The SMILES string of the molecule is Cc1sc2ncnc(Sc3ccccc3C(=O)Nc3ccc(F)c(F)c3F)c2c1C. The number of nitrogens with one attached hydrogen (secondary N) is 1. The van der Waals surface area contributed by atoms with Crippen LogP contribution >= 0.6 is 23.1 Å². The predicted molar refractivity (Wildman–Crippen MR) is 112 cm³/mol. The summed E-state index contributed by atoms with van der Waals surface area (Å²) < 4.78 is 40.6. The lowest BCUT2D eigenvalue weighted by Gasteiger charge is -2.11. The number of hydrogen-bond donors (Lipinski definition) is 1. The Morgan fingerprint density at radius 3 is 2.60 bits per heavy atom. The number of benzene rings is 2. The minimum absolute atomic E-state index is 0.253. The second-order valence-corrected chi connectivity index (χ2v) is 8.65. The molecule has 0 bridgehead atoms. The Morgan fingerprint density at radius 1 is 1.03 bits per heavy atom. The highest BCUT2D eigenvalue weighted by molar-refractivity contribution is 7.99. The molecule has 152 valence electrons. The standard InChI is InChI=1S/C21H14F3N3OS2/c1-10-11(2)29-20-16(10)21(26-9-25-20)30-15-6-4-3-5-12(15)19(28)27-14-8-7-13(22)17(23)18(14)24/h3-9H,1-2H3,(H,27,28). The van der Waals surface area contributed by atoms with Gasteiger partial charge >= 0.3 is 0 Å². The van der Waals surface area contributed by atoms with Crippen LogP contribution in [-0.2, 0) is 0 Å². The summed E-state index contributed by atoms with van der Waals surface area (Å²) in [6, 6.07) is 8.47. The molecule has 0 unspecified atom stereocenters. The Bertz CT molecular complexity index is 1290. The van der Waals surface area contributed by atoms with Gasteiger partial charge in [0.05, 0.1) is 11.3 Å². The first kappa shape index (κ1) is 20.4. The summed E-state index contributed by atoms with van der Waals surface area (Å²) in [4.78, 5) is 24.0. The smallest absolute Gasteiger partial charge is 0.256 e. The van der Waals surface area contributed by atoms with Gasteiger partial charge in [0, 0.05) is 15.2 Å². The first-order chi connectivity index (χ1) is 14.4. The minimum atomic E-state index is -1.64. The largest absolute Gasteiger partial charge is 0.319 e. The Morgan fingerprint density at radius 2 is 1.80 bits per heavy atom. The quantitative estimate of drug-likeness (QED) is 0.303. The van der Waals surface area contributed by atoms with E-state index in [1.807, 2.05) is 13.8 Å². The maximum absolute atomic E-state index is 14.0. The fourth-order valence-corrected chi connectivity index (χ4v) is 5.03. The molecule has 2 aromatic heterocycles. The van der Waals surface area contributed by atoms with Gasteiger partial charge in [0.1, 0.15) is 16.2 Å². The predicted octanol–water partition coefficient (Wildman–Crippen LogP) is 6.13. The third-order valence-corrected chi connectivity index (χ3v) is 6.75. The number of amides is 1. The molecule has 0 aliphatic rings. The number of anilines is 1. The normalized spacial score (nSPS) is 11.1. The van der Waals surface area contributed by atoms with Gasteiger partial charge in [-0.3, -0.25) is 4.79 Å². The molecule has 0 radical (unpaired) electrons. The van der Waals surface area contributed by atoms with Gasteiger partial charge in [0.2, 0.25) is 0 Å². The maximum atomic E-state index is 14.0. The molecule has 2 heterocycles. The van der Waals surface area contributed by atoms with Crippen LogP contribution < -0.4 is 5.32 Å². The number of fused-ring (bicyclic) bond motifs is 1. The number of aromatic nitrogens is 2. The van der Waals surface area contributed by atoms with Crippen LogP contribution in [0.3, 0.4) is 0 Å². The highest BCUT2D eigenvalue weighted by Gasteiger charge is 2.19. The topological polar surface area (TPSA) is 54.9 Å². The van der Waals surface area contributed by atoms with Crippen LogP contribution in [0.5, 0.6) is 0 Å². The van der Waals surface area contributed by atoms with E-state index in [4.69, 9.17) is 0 Å². The van der Waals surface area contributed by atoms with E-state index in [1.54, 1.807) is 35.6 Å². The third kappa shape index (κ3) is 3.66. The molecule has 4 nitrogen and oxygen atoms in total. The molecule has 4 rings (SSSR count). The summed E-state index contributed by atoms with van der Waals surface area (Å²) in [6.07, 6.45) is 1.47. The second kappa shape index (κ2) is 8.08. The minimum Gasteiger partial charge on any atom is -0.319 e. The number of nitrogens with zero attached hydrogens (tertiary/aromatic N) is 2. The molecule has 2 aromatic carbocycles. The summed E-state index contributed by atoms with van der Waals surface area (Å²) in [5.41, 5.74) is 0.888. The number of rotatable bonds is 4. The first-order valence-electron chi connectivity index (χ1n) is 8.79. The van der Waals surface area contributed by atoms with E-state index in [1.165, 1.54) is 18.1 Å². The third-order valence-electron chi connectivity index (χ3n) is 4.55. The zero-order valence-corrected chi connectivity index (χ0v) is 17.4. The average Bonchev–Trinajstić information content (AvgIpc) is 3.03. The van der Waals surface area contributed by atoms with Crippen LogP contribution in [0.15, 0.2) is 52.6 Å². The molecule has 1 N–H and O–H groups in total. The lowest BCUT2D eigenvalue weighted by Crippen LogP contribution is -2.15. The Kier molecular flexibility index (Phi) is 5.48. The van der Waals surface area contributed by atoms with Gasteiger partial charge in [0.15, 0.2) is 17.5 Å². The van der Waals surface area contributed by atoms with Crippen molar-refractivity contribution in [3.05, 3.63) is 76.2 Å².